The van der Waals surface area contributed by atoms with Gasteiger partial charge in [-0.15, -0.1) is 0 Å². The molecule has 8 nitrogen and oxygen atoms in total. The first-order valence-corrected chi connectivity index (χ1v) is 10.1. The Hall–Kier alpha value is -3.20. The fourth-order valence-electron chi connectivity index (χ4n) is 3.51. The predicted octanol–water partition coefficient (Wildman–Crippen LogP) is 4.59. The first-order valence-electron chi connectivity index (χ1n) is 9.75. The van der Waals surface area contributed by atoms with Crippen molar-refractivity contribution in [1.82, 2.24) is 9.88 Å². The number of pyridine rings is 1. The van der Waals surface area contributed by atoms with Crippen LogP contribution < -0.4 is 10.5 Å². The molecule has 2 N–H and O–H groups in total. The summed E-state index contributed by atoms with van der Waals surface area (Å²) in [5.74, 6) is 0.0151. The maximum absolute atomic E-state index is 11.3. The molecule has 0 saturated carbocycles. The molecule has 0 radical (unpaired) electrons. The van der Waals surface area contributed by atoms with Gasteiger partial charge in [0.15, 0.2) is 0 Å². The van der Waals surface area contributed by atoms with Crippen LogP contribution in [0.4, 0.5) is 11.5 Å². The Morgan fingerprint density at radius 1 is 1.23 bits per heavy atom. The Morgan fingerprint density at radius 3 is 2.68 bits per heavy atom. The van der Waals surface area contributed by atoms with Gasteiger partial charge >= 0.3 is 5.69 Å². The Labute approximate surface area is 184 Å². The van der Waals surface area contributed by atoms with Gasteiger partial charge in [0.05, 0.1) is 23.8 Å². The summed E-state index contributed by atoms with van der Waals surface area (Å²) < 4.78 is 11.6. The molecule has 1 aliphatic rings. The van der Waals surface area contributed by atoms with Crippen LogP contribution in [0.2, 0.25) is 5.02 Å². The normalized spacial score (nSPS) is 16.7. The van der Waals surface area contributed by atoms with E-state index in [4.69, 9.17) is 26.8 Å². The van der Waals surface area contributed by atoms with Crippen LogP contribution in [0, 0.1) is 10.1 Å². The molecule has 0 aliphatic carbocycles. The predicted molar refractivity (Wildman–Crippen MR) is 117 cm³/mol. The quantitative estimate of drug-likeness (QED) is 0.441. The monoisotopic (exact) mass is 440 g/mol. The third-order valence-electron chi connectivity index (χ3n) is 5.05. The van der Waals surface area contributed by atoms with Crippen molar-refractivity contribution in [3.8, 4) is 11.5 Å². The lowest BCUT2D eigenvalue weighted by Crippen LogP contribution is -2.37. The van der Waals surface area contributed by atoms with Gasteiger partial charge in [-0.25, -0.2) is 4.98 Å². The smallest absolute Gasteiger partial charge is 0.354 e. The van der Waals surface area contributed by atoms with Crippen LogP contribution >= 0.6 is 11.6 Å². The topological polar surface area (TPSA) is 104 Å². The third kappa shape index (κ3) is 4.93. The number of rotatable bonds is 6. The van der Waals surface area contributed by atoms with Gasteiger partial charge in [-0.2, -0.15) is 0 Å². The average Bonchev–Trinajstić information content (AvgIpc) is 2.77. The van der Waals surface area contributed by atoms with Crippen LogP contribution in [-0.2, 0) is 11.3 Å². The third-order valence-corrected chi connectivity index (χ3v) is 5.31. The summed E-state index contributed by atoms with van der Waals surface area (Å²) in [4.78, 5) is 16.8. The summed E-state index contributed by atoms with van der Waals surface area (Å²) in [6.07, 6.45) is 1.16. The Bertz CT molecular complexity index is 1060. The van der Waals surface area contributed by atoms with Gasteiger partial charge in [0.2, 0.25) is 11.6 Å². The summed E-state index contributed by atoms with van der Waals surface area (Å²) in [6, 6.07) is 17.6. The molecule has 0 bridgehead atoms. The lowest BCUT2D eigenvalue weighted by molar-refractivity contribution is -0.384. The lowest BCUT2D eigenvalue weighted by atomic mass is 10.1. The SMILES string of the molecule is Nc1ncc(Cl)c(Oc2ccc([C@H]3CN(Cc4ccccc4)CCO3)cc2)c1[N+](=O)[O-]. The van der Waals surface area contributed by atoms with E-state index in [1.807, 2.05) is 30.3 Å². The minimum Gasteiger partial charge on any atom is -0.448 e. The van der Waals surface area contributed by atoms with Crippen LogP contribution in [0.1, 0.15) is 17.2 Å². The zero-order valence-corrected chi connectivity index (χ0v) is 17.4. The molecule has 1 saturated heterocycles. The zero-order valence-electron chi connectivity index (χ0n) is 16.6. The number of morpholine rings is 1. The summed E-state index contributed by atoms with van der Waals surface area (Å²) in [5.41, 5.74) is 7.43. The number of benzene rings is 2. The van der Waals surface area contributed by atoms with Crippen LogP contribution in [0.5, 0.6) is 11.5 Å². The second-order valence-electron chi connectivity index (χ2n) is 7.18. The minimum atomic E-state index is -0.658. The van der Waals surface area contributed by atoms with Crippen molar-refractivity contribution in [1.29, 1.82) is 0 Å². The number of nitro groups is 1. The van der Waals surface area contributed by atoms with Crippen LogP contribution in [0.15, 0.2) is 60.8 Å². The number of hydrogen-bond donors (Lipinski definition) is 1. The number of nitrogens with zero attached hydrogens (tertiary/aromatic N) is 3. The van der Waals surface area contributed by atoms with Crippen molar-refractivity contribution in [2.45, 2.75) is 12.6 Å². The molecule has 2 heterocycles. The van der Waals surface area contributed by atoms with E-state index in [0.717, 1.165) is 25.2 Å². The van der Waals surface area contributed by atoms with Crippen LogP contribution in [-0.4, -0.2) is 34.5 Å². The fraction of sp³-hybridized carbons (Fsp3) is 0.227. The second-order valence-corrected chi connectivity index (χ2v) is 7.58. The number of halogens is 1. The molecule has 1 fully saturated rings. The van der Waals surface area contributed by atoms with E-state index in [0.29, 0.717) is 12.4 Å². The molecule has 0 unspecified atom stereocenters. The van der Waals surface area contributed by atoms with Crippen molar-refractivity contribution in [2.24, 2.45) is 0 Å². The molecule has 1 aliphatic heterocycles. The van der Waals surface area contributed by atoms with Gasteiger partial charge < -0.3 is 15.2 Å². The van der Waals surface area contributed by atoms with Gasteiger partial charge in [0, 0.05) is 19.6 Å². The van der Waals surface area contributed by atoms with E-state index in [1.54, 1.807) is 12.1 Å². The number of aromatic nitrogens is 1. The fourth-order valence-corrected chi connectivity index (χ4v) is 3.68. The van der Waals surface area contributed by atoms with Crippen molar-refractivity contribution < 1.29 is 14.4 Å². The molecule has 9 heteroatoms. The van der Waals surface area contributed by atoms with E-state index >= 15 is 0 Å². The Balaban J connectivity index is 1.46. The van der Waals surface area contributed by atoms with Gasteiger partial charge in [0.1, 0.15) is 10.8 Å². The van der Waals surface area contributed by atoms with Crippen molar-refractivity contribution in [3.63, 3.8) is 0 Å². The van der Waals surface area contributed by atoms with E-state index in [9.17, 15) is 10.1 Å². The Kier molecular flexibility index (Phi) is 6.31. The molecular formula is C22H21ClN4O4. The van der Waals surface area contributed by atoms with Gasteiger partial charge in [0.25, 0.3) is 0 Å². The zero-order chi connectivity index (χ0) is 21.8. The number of nitrogen functional groups attached to an aromatic ring is 1. The number of ether oxygens (including phenoxy) is 2. The molecule has 3 aromatic rings. The number of hydrogen-bond acceptors (Lipinski definition) is 7. The summed E-state index contributed by atoms with van der Waals surface area (Å²) in [6.45, 7) is 3.16. The standard InChI is InChI=1S/C22H21ClN4O4/c23-18-12-25-22(24)20(27(28)29)21(18)31-17-8-6-16(7-9-17)19-14-26(10-11-30-19)13-15-4-2-1-3-5-15/h1-9,12,19H,10-11,13-14H2,(H2,24,25)/t19-/m1/s1. The molecule has 160 valence electrons. The van der Waals surface area contributed by atoms with Gasteiger partial charge in [-0.1, -0.05) is 54.1 Å². The minimum absolute atomic E-state index is 0.0112. The molecule has 4 rings (SSSR count). The van der Waals surface area contributed by atoms with Crippen molar-refractivity contribution in [3.05, 3.63) is 87.1 Å². The largest absolute Gasteiger partial charge is 0.448 e. The molecule has 1 atom stereocenters. The highest BCUT2D eigenvalue weighted by Gasteiger charge is 2.26. The van der Waals surface area contributed by atoms with Crippen LogP contribution in [0.25, 0.3) is 0 Å². The molecule has 2 aromatic carbocycles. The van der Waals surface area contributed by atoms with Gasteiger partial charge in [-0.05, 0) is 23.3 Å². The second kappa shape index (κ2) is 9.30. The maximum atomic E-state index is 11.3. The molecule has 0 amide bonds. The highest BCUT2D eigenvalue weighted by molar-refractivity contribution is 6.32. The van der Waals surface area contributed by atoms with E-state index in [1.165, 1.54) is 11.8 Å². The first kappa shape index (κ1) is 21.0. The van der Waals surface area contributed by atoms with Crippen molar-refractivity contribution in [2.75, 3.05) is 25.4 Å². The first-order chi connectivity index (χ1) is 15.0. The van der Waals surface area contributed by atoms with E-state index in [2.05, 4.69) is 22.0 Å². The van der Waals surface area contributed by atoms with Crippen LogP contribution in [0.3, 0.4) is 0 Å². The number of nitrogens with two attached hydrogens (primary N) is 1. The highest BCUT2D eigenvalue weighted by Crippen LogP contribution is 2.40. The summed E-state index contributed by atoms with van der Waals surface area (Å²) in [7, 11) is 0. The lowest BCUT2D eigenvalue weighted by Gasteiger charge is -2.33. The molecule has 31 heavy (non-hydrogen) atoms. The average molecular weight is 441 g/mol. The van der Waals surface area contributed by atoms with E-state index < -0.39 is 10.6 Å². The highest BCUT2D eigenvalue weighted by atomic mass is 35.5. The summed E-state index contributed by atoms with van der Waals surface area (Å²) >= 11 is 6.06. The Morgan fingerprint density at radius 2 is 1.97 bits per heavy atom. The molecule has 0 spiro atoms. The van der Waals surface area contributed by atoms with E-state index in [-0.39, 0.29) is 22.7 Å². The molecular weight excluding hydrogens is 420 g/mol. The van der Waals surface area contributed by atoms with Crippen molar-refractivity contribution >= 4 is 23.1 Å². The summed E-state index contributed by atoms with van der Waals surface area (Å²) in [5, 5.41) is 11.3. The number of anilines is 1. The molecule has 1 aromatic heterocycles. The maximum Gasteiger partial charge on any atom is 0.354 e. The van der Waals surface area contributed by atoms with Gasteiger partial charge in [-0.3, -0.25) is 15.0 Å².